The summed E-state index contributed by atoms with van der Waals surface area (Å²) >= 11 is 5.95. The molecular weight excluding hydrogens is 324 g/mol. The van der Waals surface area contributed by atoms with E-state index in [4.69, 9.17) is 21.1 Å². The van der Waals surface area contributed by atoms with Gasteiger partial charge >= 0.3 is 5.97 Å². The first-order valence-electron chi connectivity index (χ1n) is 7.97. The molecule has 126 valence electrons. The van der Waals surface area contributed by atoms with Crippen molar-refractivity contribution in [1.29, 1.82) is 0 Å². The quantitative estimate of drug-likeness (QED) is 0.290. The van der Waals surface area contributed by atoms with Crippen molar-refractivity contribution in [3.63, 3.8) is 0 Å². The summed E-state index contributed by atoms with van der Waals surface area (Å²) in [5.74, 6) is 0.881. The Morgan fingerprint density at radius 2 is 1.83 bits per heavy atom. The number of aryl methyl sites for hydroxylation is 1. The summed E-state index contributed by atoms with van der Waals surface area (Å²) in [7, 11) is 0. The van der Waals surface area contributed by atoms with E-state index in [0.29, 0.717) is 10.8 Å². The monoisotopic (exact) mass is 344 g/mol. The van der Waals surface area contributed by atoms with Crippen molar-refractivity contribution in [2.45, 2.75) is 26.7 Å². The normalized spacial score (nSPS) is 10.8. The van der Waals surface area contributed by atoms with Crippen LogP contribution in [-0.2, 0) is 4.79 Å². The van der Waals surface area contributed by atoms with Gasteiger partial charge in [0.2, 0.25) is 0 Å². The number of carbonyl (C=O) groups excluding carboxylic acids is 1. The van der Waals surface area contributed by atoms with Gasteiger partial charge in [0.1, 0.15) is 11.5 Å². The van der Waals surface area contributed by atoms with Crippen LogP contribution in [0.2, 0.25) is 5.02 Å². The molecule has 2 aromatic rings. The molecule has 0 N–H and O–H groups in total. The Kier molecular flexibility index (Phi) is 6.89. The Bertz CT molecular complexity index is 705. The summed E-state index contributed by atoms with van der Waals surface area (Å²) in [6.45, 7) is 4.71. The summed E-state index contributed by atoms with van der Waals surface area (Å²) in [5.41, 5.74) is 1.77. The van der Waals surface area contributed by atoms with Crippen molar-refractivity contribution < 1.29 is 14.3 Å². The number of carbonyl (C=O) groups is 1. The number of hydrogen-bond acceptors (Lipinski definition) is 3. The number of esters is 1. The van der Waals surface area contributed by atoms with Crippen LogP contribution in [0.4, 0.5) is 0 Å². The molecule has 0 aromatic heterocycles. The molecule has 0 spiro atoms. The fourth-order valence-corrected chi connectivity index (χ4v) is 2.12. The van der Waals surface area contributed by atoms with Gasteiger partial charge in [-0.2, -0.15) is 0 Å². The minimum Gasteiger partial charge on any atom is -0.494 e. The van der Waals surface area contributed by atoms with Crippen LogP contribution in [0, 0.1) is 6.92 Å². The Morgan fingerprint density at radius 1 is 1.12 bits per heavy atom. The van der Waals surface area contributed by atoms with Crippen molar-refractivity contribution in [2.75, 3.05) is 6.61 Å². The van der Waals surface area contributed by atoms with Gasteiger partial charge in [0, 0.05) is 11.1 Å². The lowest BCUT2D eigenvalue weighted by Gasteiger charge is -2.05. The first kappa shape index (κ1) is 18.1. The molecule has 0 atom stereocenters. The molecule has 0 fully saturated rings. The smallest absolute Gasteiger partial charge is 0.336 e. The fourth-order valence-electron chi connectivity index (χ4n) is 2.00. The molecule has 0 saturated heterocycles. The molecule has 2 rings (SSSR count). The third kappa shape index (κ3) is 5.74. The molecule has 4 heteroatoms. The minimum absolute atomic E-state index is 0.431. The second-order valence-corrected chi connectivity index (χ2v) is 5.84. The van der Waals surface area contributed by atoms with E-state index < -0.39 is 5.97 Å². The average molecular weight is 345 g/mol. The van der Waals surface area contributed by atoms with Gasteiger partial charge in [0.15, 0.2) is 0 Å². The van der Waals surface area contributed by atoms with Gasteiger partial charge in [-0.05, 0) is 60.9 Å². The predicted octanol–water partition coefficient (Wildman–Crippen LogP) is 5.45. The van der Waals surface area contributed by atoms with E-state index >= 15 is 0 Å². The molecule has 24 heavy (non-hydrogen) atoms. The van der Waals surface area contributed by atoms with Crippen LogP contribution < -0.4 is 9.47 Å². The summed E-state index contributed by atoms with van der Waals surface area (Å²) < 4.78 is 10.9. The van der Waals surface area contributed by atoms with Gasteiger partial charge in [-0.15, -0.1) is 0 Å². The van der Waals surface area contributed by atoms with Crippen molar-refractivity contribution in [3.8, 4) is 11.5 Å². The minimum atomic E-state index is -0.431. The largest absolute Gasteiger partial charge is 0.494 e. The number of hydrogen-bond donors (Lipinski definition) is 0. The molecule has 0 unspecified atom stereocenters. The molecule has 0 heterocycles. The molecule has 0 saturated carbocycles. The number of halogens is 1. The molecule has 0 radical (unpaired) electrons. The fraction of sp³-hybridized carbons (Fsp3) is 0.250. The molecule has 3 nitrogen and oxygen atoms in total. The van der Waals surface area contributed by atoms with E-state index in [9.17, 15) is 4.79 Å². The number of ether oxygens (including phenoxy) is 2. The highest BCUT2D eigenvalue weighted by atomic mass is 35.5. The summed E-state index contributed by atoms with van der Waals surface area (Å²) in [6, 6.07) is 12.7. The van der Waals surface area contributed by atoms with E-state index in [1.807, 2.05) is 31.2 Å². The van der Waals surface area contributed by atoms with E-state index in [1.54, 1.807) is 24.3 Å². The van der Waals surface area contributed by atoms with Gasteiger partial charge in [-0.3, -0.25) is 0 Å². The Morgan fingerprint density at radius 3 is 2.50 bits per heavy atom. The van der Waals surface area contributed by atoms with Crippen molar-refractivity contribution >= 4 is 23.6 Å². The Hall–Kier alpha value is -2.26. The van der Waals surface area contributed by atoms with E-state index in [-0.39, 0.29) is 0 Å². The lowest BCUT2D eigenvalue weighted by Crippen LogP contribution is -2.03. The molecule has 0 amide bonds. The van der Waals surface area contributed by atoms with E-state index in [2.05, 4.69) is 6.92 Å². The molecule has 0 bridgehead atoms. The Labute approximate surface area is 147 Å². The summed E-state index contributed by atoms with van der Waals surface area (Å²) in [6.07, 6.45) is 5.26. The third-order valence-corrected chi connectivity index (χ3v) is 3.83. The van der Waals surface area contributed by atoms with Gasteiger partial charge < -0.3 is 9.47 Å². The van der Waals surface area contributed by atoms with Crippen LogP contribution >= 0.6 is 11.6 Å². The number of unbranched alkanes of at least 4 members (excludes halogenated alkanes) is 1. The van der Waals surface area contributed by atoms with Crippen LogP contribution in [0.3, 0.4) is 0 Å². The highest BCUT2D eigenvalue weighted by Crippen LogP contribution is 2.21. The first-order chi connectivity index (χ1) is 11.6. The molecule has 0 aliphatic carbocycles. The maximum atomic E-state index is 11.9. The van der Waals surface area contributed by atoms with Crippen LogP contribution in [0.5, 0.6) is 11.5 Å². The SMILES string of the molecule is CCCCOc1ccc(/C=C/C(=O)Oc2ccc(Cl)c(C)c2)cc1. The molecular formula is C20H21ClO3. The average Bonchev–Trinajstić information content (AvgIpc) is 2.58. The topological polar surface area (TPSA) is 35.5 Å². The third-order valence-electron chi connectivity index (χ3n) is 3.41. The number of benzene rings is 2. The second-order valence-electron chi connectivity index (χ2n) is 5.44. The van der Waals surface area contributed by atoms with Gasteiger partial charge in [0.25, 0.3) is 0 Å². The molecule has 2 aromatic carbocycles. The van der Waals surface area contributed by atoms with Crippen molar-refractivity contribution in [2.24, 2.45) is 0 Å². The number of rotatable bonds is 7. The van der Waals surface area contributed by atoms with E-state index in [0.717, 1.165) is 36.3 Å². The zero-order chi connectivity index (χ0) is 17.4. The summed E-state index contributed by atoms with van der Waals surface area (Å²) in [4.78, 5) is 11.9. The highest BCUT2D eigenvalue weighted by molar-refractivity contribution is 6.31. The molecule has 0 aliphatic rings. The lowest BCUT2D eigenvalue weighted by molar-refractivity contribution is -0.128. The first-order valence-corrected chi connectivity index (χ1v) is 8.35. The Balaban J connectivity index is 1.89. The van der Waals surface area contributed by atoms with Crippen LogP contribution in [0.25, 0.3) is 6.08 Å². The van der Waals surface area contributed by atoms with Crippen LogP contribution in [0.1, 0.15) is 30.9 Å². The zero-order valence-corrected chi connectivity index (χ0v) is 14.7. The van der Waals surface area contributed by atoms with Gasteiger partial charge in [-0.1, -0.05) is 37.1 Å². The highest BCUT2D eigenvalue weighted by Gasteiger charge is 2.03. The molecule has 0 aliphatic heterocycles. The van der Waals surface area contributed by atoms with Gasteiger partial charge in [-0.25, -0.2) is 4.79 Å². The van der Waals surface area contributed by atoms with Crippen LogP contribution in [0.15, 0.2) is 48.5 Å². The van der Waals surface area contributed by atoms with E-state index in [1.165, 1.54) is 6.08 Å². The van der Waals surface area contributed by atoms with Gasteiger partial charge in [0.05, 0.1) is 6.61 Å². The lowest BCUT2D eigenvalue weighted by atomic mass is 10.2. The zero-order valence-electron chi connectivity index (χ0n) is 13.9. The van der Waals surface area contributed by atoms with Crippen molar-refractivity contribution in [3.05, 3.63) is 64.7 Å². The maximum Gasteiger partial charge on any atom is 0.336 e. The second kappa shape index (κ2) is 9.14. The van der Waals surface area contributed by atoms with Crippen molar-refractivity contribution in [1.82, 2.24) is 0 Å². The van der Waals surface area contributed by atoms with Crippen LogP contribution in [-0.4, -0.2) is 12.6 Å². The summed E-state index contributed by atoms with van der Waals surface area (Å²) in [5, 5.41) is 0.645. The predicted molar refractivity (Wildman–Crippen MR) is 97.7 cm³/mol. The maximum absolute atomic E-state index is 11.9. The standard InChI is InChI=1S/C20H21ClO3/c1-3-4-13-23-17-8-5-16(6-9-17)7-12-20(22)24-18-10-11-19(21)15(2)14-18/h5-12,14H,3-4,13H2,1-2H3/b12-7+.